The van der Waals surface area contributed by atoms with Gasteiger partial charge in [-0.1, -0.05) is 11.2 Å². The molecule has 0 unspecified atom stereocenters. The van der Waals surface area contributed by atoms with Gasteiger partial charge < -0.3 is 15.1 Å². The van der Waals surface area contributed by atoms with Crippen LogP contribution in [-0.4, -0.2) is 46.1 Å². The number of likely N-dealkylation sites (tertiary alicyclic amines) is 1. The van der Waals surface area contributed by atoms with E-state index >= 15 is 0 Å². The number of pyridine rings is 1. The van der Waals surface area contributed by atoms with Crippen molar-refractivity contribution in [3.05, 3.63) is 52.0 Å². The van der Waals surface area contributed by atoms with Crippen LogP contribution in [0.1, 0.15) is 40.1 Å². The molecule has 1 fully saturated rings. The standard InChI is InChI=1S/C20H22N4O3S/c1-14-5-9-28-17(14)19(26)24-8-3-6-20(13-24)10-16(23-27-20)18(25)22-12-15-4-2-7-21-11-15/h2,4-5,7,9,11H,3,6,8,10,12-13H2,1H3,(H,22,25)/t20-/m0/s1. The summed E-state index contributed by atoms with van der Waals surface area (Å²) in [6.07, 6.45) is 5.43. The normalized spacial score (nSPS) is 21.3. The predicted octanol–water partition coefficient (Wildman–Crippen LogP) is 2.52. The molecule has 0 radical (unpaired) electrons. The summed E-state index contributed by atoms with van der Waals surface area (Å²) in [7, 11) is 0. The number of hydrogen-bond acceptors (Lipinski definition) is 6. The minimum absolute atomic E-state index is 0.0321. The summed E-state index contributed by atoms with van der Waals surface area (Å²) < 4.78 is 0. The third-order valence-electron chi connectivity index (χ3n) is 5.16. The van der Waals surface area contributed by atoms with Crippen molar-refractivity contribution in [2.75, 3.05) is 13.1 Å². The third-order valence-corrected chi connectivity index (χ3v) is 6.16. The first kappa shape index (κ1) is 18.6. The van der Waals surface area contributed by atoms with Crippen LogP contribution in [0.2, 0.25) is 0 Å². The quantitative estimate of drug-likeness (QED) is 0.858. The Bertz CT molecular complexity index is 911. The second kappa shape index (κ2) is 7.71. The molecule has 0 aromatic carbocycles. The summed E-state index contributed by atoms with van der Waals surface area (Å²) >= 11 is 1.46. The Morgan fingerprint density at radius 1 is 1.39 bits per heavy atom. The lowest BCUT2D eigenvalue weighted by atomic mass is 9.88. The number of rotatable bonds is 4. The Hall–Kier alpha value is -2.74. The molecule has 1 N–H and O–H groups in total. The van der Waals surface area contributed by atoms with Gasteiger partial charge in [-0.2, -0.15) is 0 Å². The van der Waals surface area contributed by atoms with E-state index in [0.717, 1.165) is 28.8 Å². The van der Waals surface area contributed by atoms with Crippen molar-refractivity contribution in [2.45, 2.75) is 38.3 Å². The molecule has 7 nitrogen and oxygen atoms in total. The molecule has 2 amide bonds. The van der Waals surface area contributed by atoms with Gasteiger partial charge in [0.2, 0.25) is 0 Å². The number of carbonyl (C=O) groups excluding carboxylic acids is 2. The van der Waals surface area contributed by atoms with Crippen LogP contribution < -0.4 is 5.32 Å². The number of carbonyl (C=O) groups is 2. The Morgan fingerprint density at radius 2 is 2.29 bits per heavy atom. The Labute approximate surface area is 167 Å². The Kier molecular flexibility index (Phi) is 5.13. The third kappa shape index (κ3) is 3.77. The monoisotopic (exact) mass is 398 g/mol. The summed E-state index contributed by atoms with van der Waals surface area (Å²) in [4.78, 5) is 37.7. The summed E-state index contributed by atoms with van der Waals surface area (Å²) in [5.74, 6) is -0.206. The average molecular weight is 398 g/mol. The molecule has 0 bridgehead atoms. The fourth-order valence-corrected chi connectivity index (χ4v) is 4.55. The number of hydrogen-bond donors (Lipinski definition) is 1. The number of oxime groups is 1. The average Bonchev–Trinajstić information content (AvgIpc) is 3.33. The molecule has 0 aliphatic carbocycles. The lowest BCUT2D eigenvalue weighted by Crippen LogP contribution is -2.51. The molecule has 1 spiro atoms. The van der Waals surface area contributed by atoms with E-state index in [-0.39, 0.29) is 11.8 Å². The van der Waals surface area contributed by atoms with Crippen LogP contribution in [-0.2, 0) is 16.2 Å². The van der Waals surface area contributed by atoms with Crippen molar-refractivity contribution in [1.29, 1.82) is 0 Å². The van der Waals surface area contributed by atoms with E-state index in [1.54, 1.807) is 12.4 Å². The molecule has 2 aliphatic rings. The van der Waals surface area contributed by atoms with Crippen molar-refractivity contribution >= 4 is 28.9 Å². The number of aromatic nitrogens is 1. The minimum atomic E-state index is -0.597. The number of thiophene rings is 1. The fraction of sp³-hybridized carbons (Fsp3) is 0.400. The summed E-state index contributed by atoms with van der Waals surface area (Å²) in [6.45, 7) is 3.49. The fourth-order valence-electron chi connectivity index (χ4n) is 3.66. The molecule has 4 rings (SSSR count). The van der Waals surface area contributed by atoms with E-state index < -0.39 is 5.60 Å². The van der Waals surface area contributed by atoms with E-state index in [4.69, 9.17) is 4.84 Å². The lowest BCUT2D eigenvalue weighted by molar-refractivity contribution is -0.115. The van der Waals surface area contributed by atoms with Gasteiger partial charge in [-0.3, -0.25) is 14.6 Å². The minimum Gasteiger partial charge on any atom is -0.386 e. The highest BCUT2D eigenvalue weighted by atomic mass is 32.1. The van der Waals surface area contributed by atoms with E-state index in [0.29, 0.717) is 31.8 Å². The first-order chi connectivity index (χ1) is 13.6. The summed E-state index contributed by atoms with van der Waals surface area (Å²) in [6, 6.07) is 5.69. The number of aryl methyl sites for hydroxylation is 1. The summed E-state index contributed by atoms with van der Waals surface area (Å²) in [5, 5.41) is 8.84. The van der Waals surface area contributed by atoms with E-state index in [1.165, 1.54) is 11.3 Å². The topological polar surface area (TPSA) is 83.9 Å². The number of piperidine rings is 1. The van der Waals surface area contributed by atoms with Crippen LogP contribution >= 0.6 is 11.3 Å². The van der Waals surface area contributed by atoms with E-state index in [2.05, 4.69) is 15.5 Å². The lowest BCUT2D eigenvalue weighted by Gasteiger charge is -2.38. The van der Waals surface area contributed by atoms with Gasteiger partial charge in [-0.25, -0.2) is 0 Å². The highest BCUT2D eigenvalue weighted by Crippen LogP contribution is 2.34. The number of nitrogens with one attached hydrogen (secondary N) is 1. The molecule has 0 saturated carbocycles. The SMILES string of the molecule is Cc1ccsc1C(=O)N1CCC[C@]2(CC(C(=O)NCc3cccnc3)=NO2)C1. The van der Waals surface area contributed by atoms with E-state index in [1.807, 2.05) is 35.4 Å². The van der Waals surface area contributed by atoms with Gasteiger partial charge in [-0.15, -0.1) is 11.3 Å². The van der Waals surface area contributed by atoms with Crippen molar-refractivity contribution in [1.82, 2.24) is 15.2 Å². The first-order valence-corrected chi connectivity index (χ1v) is 10.2. The zero-order chi connectivity index (χ0) is 19.6. The molecule has 28 heavy (non-hydrogen) atoms. The molecule has 2 aliphatic heterocycles. The van der Waals surface area contributed by atoms with Crippen LogP contribution in [0.4, 0.5) is 0 Å². The molecule has 8 heteroatoms. The van der Waals surface area contributed by atoms with Gasteiger partial charge in [0.25, 0.3) is 11.8 Å². The maximum Gasteiger partial charge on any atom is 0.269 e. The highest BCUT2D eigenvalue weighted by Gasteiger charge is 2.45. The van der Waals surface area contributed by atoms with Crippen molar-refractivity contribution in [3.63, 3.8) is 0 Å². The second-order valence-corrected chi connectivity index (χ2v) is 8.21. The van der Waals surface area contributed by atoms with E-state index in [9.17, 15) is 9.59 Å². The van der Waals surface area contributed by atoms with Gasteiger partial charge >= 0.3 is 0 Å². The number of amides is 2. The van der Waals surface area contributed by atoms with Gasteiger partial charge in [-0.05, 0) is 48.4 Å². The van der Waals surface area contributed by atoms with Crippen molar-refractivity contribution in [2.24, 2.45) is 5.16 Å². The van der Waals surface area contributed by atoms with Gasteiger partial charge in [0, 0.05) is 31.9 Å². The van der Waals surface area contributed by atoms with Crippen LogP contribution in [0.3, 0.4) is 0 Å². The molecule has 2 aromatic heterocycles. The maximum atomic E-state index is 12.9. The first-order valence-electron chi connectivity index (χ1n) is 9.32. The van der Waals surface area contributed by atoms with Crippen LogP contribution in [0.25, 0.3) is 0 Å². The molecular weight excluding hydrogens is 376 g/mol. The molecule has 146 valence electrons. The smallest absolute Gasteiger partial charge is 0.269 e. The largest absolute Gasteiger partial charge is 0.386 e. The zero-order valence-corrected chi connectivity index (χ0v) is 16.5. The van der Waals surface area contributed by atoms with Gasteiger partial charge in [0.15, 0.2) is 5.60 Å². The van der Waals surface area contributed by atoms with Crippen molar-refractivity contribution in [3.8, 4) is 0 Å². The van der Waals surface area contributed by atoms with Crippen LogP contribution in [0, 0.1) is 6.92 Å². The highest BCUT2D eigenvalue weighted by molar-refractivity contribution is 7.12. The molecule has 1 saturated heterocycles. The summed E-state index contributed by atoms with van der Waals surface area (Å²) in [5.41, 5.74) is 1.70. The van der Waals surface area contributed by atoms with Crippen LogP contribution in [0.15, 0.2) is 41.1 Å². The Morgan fingerprint density at radius 3 is 3.04 bits per heavy atom. The molecular formula is C20H22N4O3S. The predicted molar refractivity (Wildman–Crippen MR) is 106 cm³/mol. The Balaban J connectivity index is 1.37. The van der Waals surface area contributed by atoms with Gasteiger partial charge in [0.1, 0.15) is 5.71 Å². The zero-order valence-electron chi connectivity index (χ0n) is 15.7. The van der Waals surface area contributed by atoms with Crippen LogP contribution in [0.5, 0.6) is 0 Å². The van der Waals surface area contributed by atoms with Crippen molar-refractivity contribution < 1.29 is 14.4 Å². The molecule has 4 heterocycles. The molecule has 1 atom stereocenters. The molecule has 2 aromatic rings. The van der Waals surface area contributed by atoms with Gasteiger partial charge in [0.05, 0.1) is 11.4 Å². The second-order valence-electron chi connectivity index (χ2n) is 7.30. The number of nitrogens with zero attached hydrogens (tertiary/aromatic N) is 3. The maximum absolute atomic E-state index is 12.9.